The smallest absolute Gasteiger partial charge is 0.219 e. The van der Waals surface area contributed by atoms with E-state index in [-0.39, 0.29) is 5.91 Å². The monoisotopic (exact) mass is 386 g/mol. The van der Waals surface area contributed by atoms with Crippen LogP contribution in [0.25, 0.3) is 22.0 Å². The van der Waals surface area contributed by atoms with Gasteiger partial charge in [0.1, 0.15) is 0 Å². The molecule has 4 rings (SSSR count). The highest BCUT2D eigenvalue weighted by Crippen LogP contribution is 2.38. The van der Waals surface area contributed by atoms with Gasteiger partial charge < -0.3 is 14.5 Å². The van der Waals surface area contributed by atoms with Gasteiger partial charge in [-0.1, -0.05) is 24.3 Å². The average molecular weight is 386 g/mol. The van der Waals surface area contributed by atoms with Crippen LogP contribution in [-0.2, 0) is 4.79 Å². The maximum Gasteiger partial charge on any atom is 0.219 e. The fraction of sp³-hybridized carbons (Fsp3) is 0.261. The van der Waals surface area contributed by atoms with Crippen molar-refractivity contribution < 1.29 is 9.53 Å². The maximum absolute atomic E-state index is 11.6. The standard InChI is InChI=1S/C23H22N4O2/c1-16(28)26-10-12-27(13-11-26)21-15-25-22-19(4-3-5-20(22)23(21)29-2)18-8-6-17(14-24)7-9-18/h3-9,15H,10-13H2,1-2H3. The van der Waals surface area contributed by atoms with E-state index in [0.717, 1.165) is 46.6 Å². The van der Waals surface area contributed by atoms with E-state index in [4.69, 9.17) is 15.0 Å². The minimum atomic E-state index is 0.111. The predicted octanol–water partition coefficient (Wildman–Crippen LogP) is 3.45. The second kappa shape index (κ2) is 7.80. The number of hydrogen-bond donors (Lipinski definition) is 0. The minimum Gasteiger partial charge on any atom is -0.494 e. The van der Waals surface area contributed by atoms with Crippen LogP contribution in [0.2, 0.25) is 0 Å². The first-order chi connectivity index (χ1) is 14.1. The van der Waals surface area contributed by atoms with Crippen LogP contribution < -0.4 is 9.64 Å². The number of carbonyl (C=O) groups excluding carboxylic acids is 1. The molecule has 3 aromatic rings. The van der Waals surface area contributed by atoms with Crippen molar-refractivity contribution in [3.05, 3.63) is 54.2 Å². The summed E-state index contributed by atoms with van der Waals surface area (Å²) in [6.07, 6.45) is 1.86. The lowest BCUT2D eigenvalue weighted by atomic mass is 10.00. The number of pyridine rings is 1. The Morgan fingerprint density at radius 3 is 2.45 bits per heavy atom. The summed E-state index contributed by atoms with van der Waals surface area (Å²) in [6.45, 7) is 4.50. The first-order valence-corrected chi connectivity index (χ1v) is 9.59. The zero-order valence-electron chi connectivity index (χ0n) is 16.6. The fourth-order valence-corrected chi connectivity index (χ4v) is 3.85. The number of benzene rings is 2. The molecule has 0 bridgehead atoms. The molecule has 2 heterocycles. The summed E-state index contributed by atoms with van der Waals surface area (Å²) in [5.74, 6) is 0.905. The van der Waals surface area contributed by atoms with Crippen LogP contribution in [0.15, 0.2) is 48.7 Å². The predicted molar refractivity (Wildman–Crippen MR) is 113 cm³/mol. The molecule has 6 nitrogen and oxygen atoms in total. The molecule has 0 unspecified atom stereocenters. The number of rotatable bonds is 3. The van der Waals surface area contributed by atoms with Crippen molar-refractivity contribution >= 4 is 22.5 Å². The Labute approximate surface area is 169 Å². The molecule has 1 fully saturated rings. The van der Waals surface area contributed by atoms with Crippen molar-refractivity contribution in [1.82, 2.24) is 9.88 Å². The number of nitriles is 1. The van der Waals surface area contributed by atoms with E-state index >= 15 is 0 Å². The summed E-state index contributed by atoms with van der Waals surface area (Å²) in [6, 6.07) is 15.7. The van der Waals surface area contributed by atoms with Crippen molar-refractivity contribution in [2.75, 3.05) is 38.2 Å². The summed E-state index contributed by atoms with van der Waals surface area (Å²) >= 11 is 0. The van der Waals surface area contributed by atoms with Crippen LogP contribution >= 0.6 is 0 Å². The zero-order valence-corrected chi connectivity index (χ0v) is 16.6. The van der Waals surface area contributed by atoms with E-state index in [1.165, 1.54) is 0 Å². The Hall–Kier alpha value is -3.59. The first-order valence-electron chi connectivity index (χ1n) is 9.59. The van der Waals surface area contributed by atoms with Crippen LogP contribution in [0.3, 0.4) is 0 Å². The quantitative estimate of drug-likeness (QED) is 0.690. The molecule has 0 N–H and O–H groups in total. The van der Waals surface area contributed by atoms with Gasteiger partial charge in [0.25, 0.3) is 0 Å². The molecule has 0 atom stereocenters. The number of ether oxygens (including phenoxy) is 1. The van der Waals surface area contributed by atoms with Crippen molar-refractivity contribution in [1.29, 1.82) is 5.26 Å². The number of para-hydroxylation sites is 1. The number of methoxy groups -OCH3 is 1. The summed E-state index contributed by atoms with van der Waals surface area (Å²) in [7, 11) is 1.68. The normalized spacial score (nSPS) is 14.0. The minimum absolute atomic E-state index is 0.111. The van der Waals surface area contributed by atoms with Crippen LogP contribution in [-0.4, -0.2) is 49.1 Å². The molecule has 1 aliphatic rings. The number of aromatic nitrogens is 1. The first kappa shape index (κ1) is 18.8. The molecule has 146 valence electrons. The van der Waals surface area contributed by atoms with E-state index < -0.39 is 0 Å². The van der Waals surface area contributed by atoms with Gasteiger partial charge in [-0.2, -0.15) is 5.26 Å². The molecule has 0 spiro atoms. The second-order valence-corrected chi connectivity index (χ2v) is 7.06. The van der Waals surface area contributed by atoms with Crippen LogP contribution in [0.4, 0.5) is 5.69 Å². The lowest BCUT2D eigenvalue weighted by molar-refractivity contribution is -0.129. The van der Waals surface area contributed by atoms with Crippen molar-refractivity contribution in [3.63, 3.8) is 0 Å². The largest absolute Gasteiger partial charge is 0.494 e. The van der Waals surface area contributed by atoms with E-state index in [1.807, 2.05) is 53.6 Å². The lowest BCUT2D eigenvalue weighted by Crippen LogP contribution is -2.48. The number of carbonyl (C=O) groups is 1. The molecule has 2 aromatic carbocycles. The molecule has 0 saturated carbocycles. The van der Waals surface area contributed by atoms with E-state index in [0.29, 0.717) is 18.7 Å². The van der Waals surface area contributed by atoms with Gasteiger partial charge in [-0.15, -0.1) is 0 Å². The van der Waals surface area contributed by atoms with Crippen molar-refractivity contribution in [2.24, 2.45) is 0 Å². The summed E-state index contributed by atoms with van der Waals surface area (Å²) in [4.78, 5) is 20.5. The molecule has 0 aliphatic carbocycles. The lowest BCUT2D eigenvalue weighted by Gasteiger charge is -2.36. The SMILES string of the molecule is COc1c(N2CCN(C(C)=O)CC2)cnc2c(-c3ccc(C#N)cc3)cccc12. The number of hydrogen-bond acceptors (Lipinski definition) is 5. The van der Waals surface area contributed by atoms with Gasteiger partial charge in [0.15, 0.2) is 5.75 Å². The summed E-state index contributed by atoms with van der Waals surface area (Å²) in [5, 5.41) is 9.98. The molecular formula is C23H22N4O2. The Kier molecular flexibility index (Phi) is 5.05. The van der Waals surface area contributed by atoms with Crippen molar-refractivity contribution in [2.45, 2.75) is 6.92 Å². The van der Waals surface area contributed by atoms with Gasteiger partial charge in [-0.25, -0.2) is 0 Å². The third-order valence-electron chi connectivity index (χ3n) is 5.42. The number of nitrogens with zero attached hydrogens (tertiary/aromatic N) is 4. The molecule has 6 heteroatoms. The zero-order chi connectivity index (χ0) is 20.4. The number of amides is 1. The highest BCUT2D eigenvalue weighted by Gasteiger charge is 2.23. The summed E-state index contributed by atoms with van der Waals surface area (Å²) < 4.78 is 5.81. The highest BCUT2D eigenvalue weighted by molar-refractivity contribution is 5.99. The van der Waals surface area contributed by atoms with Gasteiger partial charge in [0.2, 0.25) is 5.91 Å². The Morgan fingerprint density at radius 2 is 1.83 bits per heavy atom. The van der Waals surface area contributed by atoms with E-state index in [1.54, 1.807) is 14.0 Å². The van der Waals surface area contributed by atoms with Crippen LogP contribution in [0.1, 0.15) is 12.5 Å². The van der Waals surface area contributed by atoms with Gasteiger partial charge in [-0.05, 0) is 23.8 Å². The Morgan fingerprint density at radius 1 is 1.10 bits per heavy atom. The van der Waals surface area contributed by atoms with E-state index in [2.05, 4.69) is 11.0 Å². The Bertz CT molecular complexity index is 1090. The fourth-order valence-electron chi connectivity index (χ4n) is 3.85. The molecule has 1 aromatic heterocycles. The highest BCUT2D eigenvalue weighted by atomic mass is 16.5. The number of fused-ring (bicyclic) bond motifs is 1. The third-order valence-corrected chi connectivity index (χ3v) is 5.42. The van der Waals surface area contributed by atoms with Crippen LogP contribution in [0.5, 0.6) is 5.75 Å². The van der Waals surface area contributed by atoms with E-state index in [9.17, 15) is 4.79 Å². The molecule has 1 aliphatic heterocycles. The average Bonchev–Trinajstić information content (AvgIpc) is 2.78. The third kappa shape index (κ3) is 3.47. The van der Waals surface area contributed by atoms with Crippen molar-refractivity contribution in [3.8, 4) is 22.9 Å². The maximum atomic E-state index is 11.6. The summed E-state index contributed by atoms with van der Waals surface area (Å²) in [5.41, 5.74) is 4.44. The van der Waals surface area contributed by atoms with Crippen LogP contribution in [0, 0.1) is 11.3 Å². The topological polar surface area (TPSA) is 69.5 Å². The second-order valence-electron chi connectivity index (χ2n) is 7.06. The van der Waals surface area contributed by atoms with Gasteiger partial charge in [0.05, 0.1) is 36.1 Å². The van der Waals surface area contributed by atoms with Gasteiger partial charge in [-0.3, -0.25) is 9.78 Å². The number of anilines is 1. The molecule has 1 amide bonds. The van der Waals surface area contributed by atoms with Gasteiger partial charge >= 0.3 is 0 Å². The van der Waals surface area contributed by atoms with Gasteiger partial charge in [0, 0.05) is 44.1 Å². The molecule has 1 saturated heterocycles. The Balaban J connectivity index is 1.74. The molecule has 0 radical (unpaired) electrons. The molecule has 29 heavy (non-hydrogen) atoms. The number of piperazine rings is 1. The molecular weight excluding hydrogens is 364 g/mol.